The van der Waals surface area contributed by atoms with Crippen LogP contribution in [0.2, 0.25) is 0 Å². The minimum atomic E-state index is -3.74. The van der Waals surface area contributed by atoms with Gasteiger partial charge in [-0.15, -0.1) is 11.3 Å². The van der Waals surface area contributed by atoms with E-state index in [-0.39, 0.29) is 23.5 Å². The van der Waals surface area contributed by atoms with Gasteiger partial charge in [-0.05, 0) is 73.7 Å². The van der Waals surface area contributed by atoms with Crippen molar-refractivity contribution in [3.8, 4) is 5.75 Å². The number of sulfonamides is 1. The highest BCUT2D eigenvalue weighted by atomic mass is 32.2. The number of benzene rings is 2. The average molecular weight is 475 g/mol. The lowest BCUT2D eigenvalue weighted by Crippen LogP contribution is -2.31. The van der Waals surface area contributed by atoms with Gasteiger partial charge in [-0.25, -0.2) is 8.42 Å². The molecule has 0 radical (unpaired) electrons. The number of nitrogens with one attached hydrogen (secondary N) is 1. The topological polar surface area (TPSA) is 84.9 Å². The zero-order valence-corrected chi connectivity index (χ0v) is 19.7. The van der Waals surface area contributed by atoms with E-state index < -0.39 is 10.0 Å². The number of hydrogen-bond donors (Lipinski definition) is 1. The van der Waals surface area contributed by atoms with Gasteiger partial charge >= 0.3 is 0 Å². The largest absolute Gasteiger partial charge is 0.497 e. The predicted molar refractivity (Wildman–Crippen MR) is 126 cm³/mol. The van der Waals surface area contributed by atoms with Gasteiger partial charge in [0.1, 0.15) is 5.75 Å². The second-order valence-corrected chi connectivity index (χ2v) is 10.5. The van der Waals surface area contributed by atoms with Crippen molar-refractivity contribution in [2.75, 3.05) is 31.1 Å². The molecule has 170 valence electrons. The molecule has 1 N–H and O–H groups in total. The zero-order chi connectivity index (χ0) is 22.7. The summed E-state index contributed by atoms with van der Waals surface area (Å²) in [5.74, 6) is 0.457. The fraction of sp³-hybridized carbons (Fsp3) is 0.348. The molecular weight excluding hydrogens is 448 g/mol. The van der Waals surface area contributed by atoms with Gasteiger partial charge in [-0.1, -0.05) is 0 Å². The van der Waals surface area contributed by atoms with Gasteiger partial charge < -0.3 is 14.8 Å². The second kappa shape index (κ2) is 9.48. The standard InChI is InChI=1S/C23H26N2O5S2/c1-3-25(32(27,28)20-9-7-18(29-2)8-10-20)17-6-11-21-16(13-17)14-22(31-21)23(26)24-15-19-5-4-12-30-19/h6-11,13-14,19H,3-5,12,15H2,1-2H3,(H,24,26)/t19-/m1/s1. The third kappa shape index (κ3) is 4.60. The summed E-state index contributed by atoms with van der Waals surface area (Å²) >= 11 is 1.39. The molecule has 0 unspecified atom stereocenters. The minimum absolute atomic E-state index is 0.0844. The summed E-state index contributed by atoms with van der Waals surface area (Å²) in [5.41, 5.74) is 0.555. The van der Waals surface area contributed by atoms with Crippen LogP contribution in [-0.4, -0.2) is 47.2 Å². The predicted octanol–water partition coefficient (Wildman–Crippen LogP) is 4.03. The van der Waals surface area contributed by atoms with Gasteiger partial charge in [0.25, 0.3) is 15.9 Å². The van der Waals surface area contributed by atoms with Crippen molar-refractivity contribution in [1.82, 2.24) is 5.32 Å². The van der Waals surface area contributed by atoms with Crippen LogP contribution in [0.1, 0.15) is 29.4 Å². The first-order valence-electron chi connectivity index (χ1n) is 10.5. The molecule has 1 aliphatic heterocycles. The van der Waals surface area contributed by atoms with Crippen molar-refractivity contribution in [3.05, 3.63) is 53.4 Å². The Bertz CT molecular complexity index is 1200. The fourth-order valence-corrected chi connectivity index (χ4v) is 6.19. The Hall–Kier alpha value is -2.62. The van der Waals surface area contributed by atoms with Crippen LogP contribution < -0.4 is 14.4 Å². The van der Waals surface area contributed by atoms with Gasteiger partial charge in [0, 0.05) is 24.4 Å². The Balaban J connectivity index is 1.56. The molecule has 0 spiro atoms. The Labute approximate surface area is 192 Å². The first-order chi connectivity index (χ1) is 15.4. The van der Waals surface area contributed by atoms with E-state index in [9.17, 15) is 13.2 Å². The molecule has 1 atom stereocenters. The summed E-state index contributed by atoms with van der Waals surface area (Å²) in [6.45, 7) is 3.32. The van der Waals surface area contributed by atoms with Gasteiger partial charge in [-0.3, -0.25) is 9.10 Å². The second-order valence-electron chi connectivity index (χ2n) is 7.52. The summed E-state index contributed by atoms with van der Waals surface area (Å²) in [5, 5.41) is 3.77. The fourth-order valence-electron chi connectivity index (χ4n) is 3.76. The lowest BCUT2D eigenvalue weighted by molar-refractivity contribution is 0.0861. The minimum Gasteiger partial charge on any atom is -0.497 e. The van der Waals surface area contributed by atoms with E-state index in [0.717, 1.165) is 29.5 Å². The van der Waals surface area contributed by atoms with Crippen molar-refractivity contribution in [3.63, 3.8) is 0 Å². The van der Waals surface area contributed by atoms with Gasteiger partial charge in [0.05, 0.1) is 28.7 Å². The van der Waals surface area contributed by atoms with Crippen LogP contribution in [0, 0.1) is 0 Å². The molecule has 2 aromatic carbocycles. The molecule has 0 bridgehead atoms. The molecule has 9 heteroatoms. The summed E-state index contributed by atoms with van der Waals surface area (Å²) in [4.78, 5) is 13.4. The Morgan fingerprint density at radius 3 is 2.66 bits per heavy atom. The van der Waals surface area contributed by atoms with Gasteiger partial charge in [-0.2, -0.15) is 0 Å². The van der Waals surface area contributed by atoms with Crippen LogP contribution in [0.25, 0.3) is 10.1 Å². The smallest absolute Gasteiger partial charge is 0.264 e. The highest BCUT2D eigenvalue weighted by Gasteiger charge is 2.24. The number of carbonyl (C=O) groups is 1. The quantitative estimate of drug-likeness (QED) is 0.533. The molecular formula is C23H26N2O5S2. The van der Waals surface area contributed by atoms with Crippen LogP contribution in [0.15, 0.2) is 53.4 Å². The van der Waals surface area contributed by atoms with E-state index in [4.69, 9.17) is 9.47 Å². The number of methoxy groups -OCH3 is 1. The molecule has 32 heavy (non-hydrogen) atoms. The van der Waals surface area contributed by atoms with Crippen molar-refractivity contribution >= 4 is 43.0 Å². The summed E-state index contributed by atoms with van der Waals surface area (Å²) in [7, 11) is -2.20. The van der Waals surface area contributed by atoms with E-state index in [1.807, 2.05) is 18.2 Å². The zero-order valence-electron chi connectivity index (χ0n) is 18.0. The highest BCUT2D eigenvalue weighted by Crippen LogP contribution is 2.32. The normalized spacial score (nSPS) is 16.2. The first-order valence-corrected chi connectivity index (χ1v) is 12.8. The number of carbonyl (C=O) groups excluding carboxylic acids is 1. The monoisotopic (exact) mass is 474 g/mol. The number of amides is 1. The lowest BCUT2D eigenvalue weighted by atomic mass is 10.2. The van der Waals surface area contributed by atoms with Crippen molar-refractivity contribution in [1.29, 1.82) is 0 Å². The molecule has 2 heterocycles. The van der Waals surface area contributed by atoms with Crippen LogP contribution in [0.4, 0.5) is 5.69 Å². The first kappa shape index (κ1) is 22.6. The molecule has 1 saturated heterocycles. The van der Waals surface area contributed by atoms with Crippen molar-refractivity contribution in [2.45, 2.75) is 30.8 Å². The summed E-state index contributed by atoms with van der Waals surface area (Å²) in [6.07, 6.45) is 2.08. The molecule has 1 aromatic heterocycles. The van der Waals surface area contributed by atoms with Crippen LogP contribution in [0.5, 0.6) is 5.75 Å². The maximum atomic E-state index is 13.2. The molecule has 0 aliphatic carbocycles. The van der Waals surface area contributed by atoms with Crippen molar-refractivity contribution in [2.24, 2.45) is 0 Å². The average Bonchev–Trinajstić information content (AvgIpc) is 3.47. The maximum absolute atomic E-state index is 13.2. The van der Waals surface area contributed by atoms with E-state index >= 15 is 0 Å². The third-order valence-electron chi connectivity index (χ3n) is 5.46. The number of hydrogen-bond acceptors (Lipinski definition) is 6. The molecule has 3 aromatic rings. The van der Waals surface area contributed by atoms with Gasteiger partial charge in [0.15, 0.2) is 0 Å². The number of rotatable bonds is 8. The number of nitrogens with zero attached hydrogens (tertiary/aromatic N) is 1. The van der Waals surface area contributed by atoms with Crippen LogP contribution >= 0.6 is 11.3 Å². The van der Waals surface area contributed by atoms with Crippen LogP contribution in [0.3, 0.4) is 0 Å². The van der Waals surface area contributed by atoms with E-state index in [2.05, 4.69) is 5.32 Å². The molecule has 0 saturated carbocycles. The SMILES string of the molecule is CCN(c1ccc2sc(C(=O)NC[C@H]3CCCO3)cc2c1)S(=O)(=O)c1ccc(OC)cc1. The number of anilines is 1. The summed E-state index contributed by atoms with van der Waals surface area (Å²) < 4.78 is 39.4. The Morgan fingerprint density at radius 1 is 1.22 bits per heavy atom. The molecule has 7 nitrogen and oxygen atoms in total. The molecule has 4 rings (SSSR count). The number of thiophene rings is 1. The van der Waals surface area contributed by atoms with E-state index in [0.29, 0.717) is 22.9 Å². The molecule has 1 aliphatic rings. The van der Waals surface area contributed by atoms with Crippen LogP contribution in [-0.2, 0) is 14.8 Å². The Morgan fingerprint density at radius 2 is 2.00 bits per heavy atom. The summed E-state index contributed by atoms with van der Waals surface area (Å²) in [6, 6.07) is 13.6. The highest BCUT2D eigenvalue weighted by molar-refractivity contribution is 7.92. The Kier molecular flexibility index (Phi) is 6.68. The van der Waals surface area contributed by atoms with Crippen molar-refractivity contribution < 1.29 is 22.7 Å². The maximum Gasteiger partial charge on any atom is 0.264 e. The molecule has 1 fully saturated rings. The van der Waals surface area contributed by atoms with E-state index in [1.165, 1.54) is 34.9 Å². The third-order valence-corrected chi connectivity index (χ3v) is 8.49. The molecule has 1 amide bonds. The lowest BCUT2D eigenvalue weighted by Gasteiger charge is -2.23. The van der Waals surface area contributed by atoms with Gasteiger partial charge in [0.2, 0.25) is 0 Å². The number of fused-ring (bicyclic) bond motifs is 1. The van der Waals surface area contributed by atoms with E-state index in [1.54, 1.807) is 25.1 Å². The number of ether oxygens (including phenoxy) is 2.